The Morgan fingerprint density at radius 1 is 1.07 bits per heavy atom. The number of anilines is 2. The Balaban J connectivity index is 1.47. The van der Waals surface area contributed by atoms with E-state index in [0.717, 1.165) is 57.8 Å². The van der Waals surface area contributed by atoms with Crippen molar-refractivity contribution in [3.05, 3.63) is 41.6 Å². The summed E-state index contributed by atoms with van der Waals surface area (Å²) in [5.41, 5.74) is 2.06. The number of amides is 1. The molecular weight excluding hydrogens is 368 g/mol. The van der Waals surface area contributed by atoms with Gasteiger partial charge in [-0.2, -0.15) is 10.2 Å². The van der Waals surface area contributed by atoms with Crippen LogP contribution in [0, 0.1) is 11.3 Å². The van der Waals surface area contributed by atoms with Gasteiger partial charge in [0.2, 0.25) is 11.8 Å². The molecule has 2 aromatic rings. The zero-order chi connectivity index (χ0) is 20.2. The minimum Gasteiger partial charge on any atom is -0.480 e. The first-order valence-corrected chi connectivity index (χ1v) is 9.90. The number of piperazine rings is 1. The van der Waals surface area contributed by atoms with Crippen LogP contribution < -0.4 is 14.5 Å². The van der Waals surface area contributed by atoms with Crippen molar-refractivity contribution in [1.29, 1.82) is 5.26 Å². The molecule has 2 aliphatic rings. The molecule has 0 spiro atoms. The van der Waals surface area contributed by atoms with Crippen LogP contribution in [0.2, 0.25) is 0 Å². The summed E-state index contributed by atoms with van der Waals surface area (Å²) < 4.78 is 5.41. The van der Waals surface area contributed by atoms with E-state index >= 15 is 0 Å². The van der Waals surface area contributed by atoms with Gasteiger partial charge in [0.05, 0.1) is 18.4 Å². The highest BCUT2D eigenvalue weighted by Gasteiger charge is 2.26. The number of nitriles is 1. The van der Waals surface area contributed by atoms with Crippen molar-refractivity contribution in [3.63, 3.8) is 0 Å². The van der Waals surface area contributed by atoms with Crippen molar-refractivity contribution in [2.45, 2.75) is 12.8 Å². The molecular formula is C21H24N6O2. The zero-order valence-corrected chi connectivity index (χ0v) is 16.5. The predicted octanol–water partition coefficient (Wildman–Crippen LogP) is 1.92. The molecule has 0 N–H and O–H groups in total. The van der Waals surface area contributed by atoms with Gasteiger partial charge in [0.15, 0.2) is 0 Å². The van der Waals surface area contributed by atoms with Gasteiger partial charge in [0.25, 0.3) is 5.91 Å². The van der Waals surface area contributed by atoms with E-state index in [1.54, 1.807) is 6.20 Å². The zero-order valence-electron chi connectivity index (χ0n) is 16.5. The number of methoxy groups -OCH3 is 1. The van der Waals surface area contributed by atoms with Crippen LogP contribution in [-0.4, -0.2) is 67.2 Å². The number of hydrogen-bond acceptors (Lipinski definition) is 7. The van der Waals surface area contributed by atoms with E-state index in [9.17, 15) is 10.1 Å². The number of hydrogen-bond donors (Lipinski definition) is 0. The fraction of sp³-hybridized carbons (Fsp3) is 0.429. The van der Waals surface area contributed by atoms with Crippen molar-refractivity contribution in [2.24, 2.45) is 0 Å². The average molecular weight is 392 g/mol. The second-order valence-electron chi connectivity index (χ2n) is 7.20. The van der Waals surface area contributed by atoms with Crippen LogP contribution >= 0.6 is 0 Å². The van der Waals surface area contributed by atoms with Gasteiger partial charge >= 0.3 is 0 Å². The lowest BCUT2D eigenvalue weighted by Gasteiger charge is -2.36. The summed E-state index contributed by atoms with van der Waals surface area (Å²) >= 11 is 0. The van der Waals surface area contributed by atoms with Gasteiger partial charge in [-0.1, -0.05) is 12.1 Å². The molecule has 0 bridgehead atoms. The van der Waals surface area contributed by atoms with Gasteiger partial charge in [-0.25, -0.2) is 4.98 Å². The molecule has 1 aromatic carbocycles. The molecule has 8 heteroatoms. The summed E-state index contributed by atoms with van der Waals surface area (Å²) in [6.07, 6.45) is 3.65. The number of carbonyl (C=O) groups is 1. The van der Waals surface area contributed by atoms with E-state index < -0.39 is 0 Å². The van der Waals surface area contributed by atoms with Gasteiger partial charge in [0, 0.05) is 45.5 Å². The molecule has 2 saturated heterocycles. The van der Waals surface area contributed by atoms with E-state index in [1.165, 1.54) is 7.11 Å². The number of carbonyl (C=O) groups excluding carboxylic acids is 1. The van der Waals surface area contributed by atoms with E-state index in [-0.39, 0.29) is 5.91 Å². The smallest absolute Gasteiger partial charge is 0.260 e. The number of ether oxygens (including phenoxy) is 1. The lowest BCUT2D eigenvalue weighted by atomic mass is 10.1. The molecule has 0 atom stereocenters. The van der Waals surface area contributed by atoms with Crippen molar-refractivity contribution in [2.75, 3.05) is 56.2 Å². The topological polar surface area (TPSA) is 85.6 Å². The monoisotopic (exact) mass is 392 g/mol. The summed E-state index contributed by atoms with van der Waals surface area (Å²) in [6, 6.07) is 9.91. The standard InChI is InChI=1S/C21H24N6O2/c1-29-19-17(20(28)26-8-4-5-9-26)15-23-21(24-19)27-12-10-25(11-13-27)18-7-3-2-6-16(18)14-22/h2-3,6-7,15H,4-5,8-13H2,1H3. The molecule has 1 aromatic heterocycles. The average Bonchev–Trinajstić information content (AvgIpc) is 3.33. The third-order valence-electron chi connectivity index (χ3n) is 5.49. The predicted molar refractivity (Wildman–Crippen MR) is 109 cm³/mol. The Kier molecular flexibility index (Phi) is 5.47. The summed E-state index contributed by atoms with van der Waals surface area (Å²) in [5, 5.41) is 9.33. The first kappa shape index (κ1) is 19.0. The van der Waals surface area contributed by atoms with Crippen LogP contribution in [0.5, 0.6) is 5.88 Å². The molecule has 2 aliphatic heterocycles. The van der Waals surface area contributed by atoms with Gasteiger partial charge in [-0.05, 0) is 25.0 Å². The summed E-state index contributed by atoms with van der Waals surface area (Å²) in [5.74, 6) is 0.820. The molecule has 0 aliphatic carbocycles. The van der Waals surface area contributed by atoms with Crippen LogP contribution in [0.25, 0.3) is 0 Å². The van der Waals surface area contributed by atoms with Gasteiger partial charge in [-0.3, -0.25) is 4.79 Å². The van der Waals surface area contributed by atoms with Crippen LogP contribution in [-0.2, 0) is 0 Å². The molecule has 0 radical (unpaired) electrons. The summed E-state index contributed by atoms with van der Waals surface area (Å²) in [4.78, 5) is 27.8. The number of rotatable bonds is 4. The first-order chi connectivity index (χ1) is 14.2. The maximum absolute atomic E-state index is 12.7. The van der Waals surface area contributed by atoms with Gasteiger partial charge in [0.1, 0.15) is 11.6 Å². The molecule has 8 nitrogen and oxygen atoms in total. The third-order valence-corrected chi connectivity index (χ3v) is 5.49. The molecule has 150 valence electrons. The number of benzene rings is 1. The highest BCUT2D eigenvalue weighted by Crippen LogP contribution is 2.25. The van der Waals surface area contributed by atoms with Crippen molar-refractivity contribution < 1.29 is 9.53 Å². The molecule has 4 rings (SSSR count). The summed E-state index contributed by atoms with van der Waals surface area (Å²) in [7, 11) is 1.53. The molecule has 29 heavy (non-hydrogen) atoms. The highest BCUT2D eigenvalue weighted by atomic mass is 16.5. The van der Waals surface area contributed by atoms with Crippen LogP contribution in [0.4, 0.5) is 11.6 Å². The Morgan fingerprint density at radius 2 is 1.76 bits per heavy atom. The minimum atomic E-state index is -0.0659. The normalized spacial score (nSPS) is 16.6. The Labute approximate surface area is 170 Å². The van der Waals surface area contributed by atoms with E-state index in [0.29, 0.717) is 23.0 Å². The Bertz CT molecular complexity index is 927. The van der Waals surface area contributed by atoms with Crippen molar-refractivity contribution in [1.82, 2.24) is 14.9 Å². The molecule has 3 heterocycles. The Hall–Kier alpha value is -3.34. The van der Waals surface area contributed by atoms with Crippen LogP contribution in [0.3, 0.4) is 0 Å². The second-order valence-corrected chi connectivity index (χ2v) is 7.20. The Morgan fingerprint density at radius 3 is 2.45 bits per heavy atom. The lowest BCUT2D eigenvalue weighted by Crippen LogP contribution is -2.47. The molecule has 0 saturated carbocycles. The fourth-order valence-corrected chi connectivity index (χ4v) is 3.89. The third kappa shape index (κ3) is 3.81. The maximum atomic E-state index is 12.7. The first-order valence-electron chi connectivity index (χ1n) is 9.90. The molecule has 2 fully saturated rings. The second kappa shape index (κ2) is 8.35. The summed E-state index contributed by atoms with van der Waals surface area (Å²) in [6.45, 7) is 4.52. The number of aromatic nitrogens is 2. The van der Waals surface area contributed by atoms with Gasteiger partial charge < -0.3 is 19.4 Å². The van der Waals surface area contributed by atoms with Crippen LogP contribution in [0.15, 0.2) is 30.5 Å². The molecule has 0 unspecified atom stereocenters. The largest absolute Gasteiger partial charge is 0.480 e. The quantitative estimate of drug-likeness (QED) is 0.786. The van der Waals surface area contributed by atoms with Gasteiger partial charge in [-0.15, -0.1) is 0 Å². The highest BCUT2D eigenvalue weighted by molar-refractivity contribution is 5.96. The van der Waals surface area contributed by atoms with Crippen molar-refractivity contribution >= 4 is 17.5 Å². The maximum Gasteiger partial charge on any atom is 0.260 e. The number of nitrogens with zero attached hydrogens (tertiary/aromatic N) is 6. The van der Waals surface area contributed by atoms with E-state index in [1.807, 2.05) is 29.2 Å². The SMILES string of the molecule is COc1nc(N2CCN(c3ccccc3C#N)CC2)ncc1C(=O)N1CCCC1. The number of likely N-dealkylation sites (tertiary alicyclic amines) is 1. The van der Waals surface area contributed by atoms with Crippen molar-refractivity contribution in [3.8, 4) is 11.9 Å². The lowest BCUT2D eigenvalue weighted by molar-refractivity contribution is 0.0788. The number of para-hydroxylation sites is 1. The fourth-order valence-electron chi connectivity index (χ4n) is 3.89. The van der Waals surface area contributed by atoms with E-state index in [4.69, 9.17) is 4.74 Å². The minimum absolute atomic E-state index is 0.0659. The van der Waals surface area contributed by atoms with Crippen LogP contribution in [0.1, 0.15) is 28.8 Å². The molecule has 1 amide bonds. The van der Waals surface area contributed by atoms with E-state index in [2.05, 4.69) is 25.8 Å².